The molecule has 0 aliphatic heterocycles. The molecule has 0 fully saturated rings. The number of carbonyl (C=O) groups is 1. The van der Waals surface area contributed by atoms with E-state index in [1.807, 2.05) is 77.4 Å². The van der Waals surface area contributed by atoms with Crippen molar-refractivity contribution < 1.29 is 14.3 Å². The van der Waals surface area contributed by atoms with E-state index in [0.717, 1.165) is 22.6 Å². The lowest BCUT2D eigenvalue weighted by atomic mass is 10.1. The monoisotopic (exact) mass is 431 g/mol. The molecular weight excluding hydrogens is 410 g/mol. The third-order valence-corrected chi connectivity index (χ3v) is 5.75. The number of hydrogen-bond acceptors (Lipinski definition) is 6. The van der Waals surface area contributed by atoms with Gasteiger partial charge in [0.25, 0.3) is 0 Å². The van der Waals surface area contributed by atoms with Gasteiger partial charge in [-0.15, -0.1) is 10.2 Å². The fourth-order valence-electron chi connectivity index (χ4n) is 3.27. The van der Waals surface area contributed by atoms with Gasteiger partial charge in [0, 0.05) is 11.4 Å². The van der Waals surface area contributed by atoms with Gasteiger partial charge in [-0.1, -0.05) is 60.3 Å². The molecule has 0 aliphatic rings. The minimum absolute atomic E-state index is 0.351. The smallest absolute Gasteiger partial charge is 0.338 e. The number of hydrogen-bond donors (Lipinski definition) is 0. The van der Waals surface area contributed by atoms with Crippen molar-refractivity contribution in [2.75, 3.05) is 14.2 Å². The highest BCUT2D eigenvalue weighted by Gasteiger charge is 2.20. The summed E-state index contributed by atoms with van der Waals surface area (Å²) in [6.45, 7) is 0. The lowest BCUT2D eigenvalue weighted by molar-refractivity contribution is 0.0600. The topological polar surface area (TPSA) is 66.2 Å². The van der Waals surface area contributed by atoms with E-state index in [-0.39, 0.29) is 5.97 Å². The SMILES string of the molecule is COC(=O)c1ccccc1CSc1nnc(-c2ccccc2OC)n1-c1ccccc1. The number of aromatic nitrogens is 3. The summed E-state index contributed by atoms with van der Waals surface area (Å²) in [4.78, 5) is 12.1. The molecule has 0 unspecified atom stereocenters. The number of carbonyl (C=O) groups excluding carboxylic acids is 1. The molecule has 4 aromatic rings. The van der Waals surface area contributed by atoms with Crippen molar-refractivity contribution in [1.29, 1.82) is 0 Å². The zero-order valence-electron chi connectivity index (χ0n) is 17.2. The molecule has 0 bridgehead atoms. The van der Waals surface area contributed by atoms with Gasteiger partial charge in [-0.3, -0.25) is 4.57 Å². The summed E-state index contributed by atoms with van der Waals surface area (Å²) < 4.78 is 12.5. The van der Waals surface area contributed by atoms with Crippen molar-refractivity contribution in [1.82, 2.24) is 14.8 Å². The number of methoxy groups -OCH3 is 2. The lowest BCUT2D eigenvalue weighted by Crippen LogP contribution is -2.05. The highest BCUT2D eigenvalue weighted by molar-refractivity contribution is 7.98. The van der Waals surface area contributed by atoms with Crippen LogP contribution in [-0.4, -0.2) is 35.0 Å². The van der Waals surface area contributed by atoms with E-state index < -0.39 is 0 Å². The average molecular weight is 432 g/mol. The van der Waals surface area contributed by atoms with Gasteiger partial charge in [0.1, 0.15) is 5.75 Å². The minimum atomic E-state index is -0.351. The maximum absolute atomic E-state index is 12.1. The lowest BCUT2D eigenvalue weighted by Gasteiger charge is -2.13. The normalized spacial score (nSPS) is 10.6. The van der Waals surface area contributed by atoms with Crippen molar-refractivity contribution >= 4 is 17.7 Å². The first-order valence-corrected chi connectivity index (χ1v) is 10.6. The molecule has 31 heavy (non-hydrogen) atoms. The highest BCUT2D eigenvalue weighted by atomic mass is 32.2. The van der Waals surface area contributed by atoms with Crippen molar-refractivity contribution in [2.45, 2.75) is 10.9 Å². The van der Waals surface area contributed by atoms with E-state index in [9.17, 15) is 4.79 Å². The molecule has 0 radical (unpaired) electrons. The van der Waals surface area contributed by atoms with Crippen LogP contribution in [0.4, 0.5) is 0 Å². The molecular formula is C24H21N3O3S. The second-order valence-electron chi connectivity index (χ2n) is 6.61. The molecule has 7 heteroatoms. The Balaban J connectivity index is 1.75. The first kappa shape index (κ1) is 20.7. The average Bonchev–Trinajstić information content (AvgIpc) is 3.26. The van der Waals surface area contributed by atoms with E-state index >= 15 is 0 Å². The first-order chi connectivity index (χ1) is 15.2. The molecule has 0 N–H and O–H groups in total. The van der Waals surface area contributed by atoms with Crippen LogP contribution in [0.2, 0.25) is 0 Å². The van der Waals surface area contributed by atoms with E-state index in [4.69, 9.17) is 9.47 Å². The largest absolute Gasteiger partial charge is 0.496 e. The second kappa shape index (κ2) is 9.49. The Morgan fingerprint density at radius 1 is 0.903 bits per heavy atom. The van der Waals surface area contributed by atoms with Crippen LogP contribution in [0.15, 0.2) is 84.0 Å². The summed E-state index contributed by atoms with van der Waals surface area (Å²) in [6, 6.07) is 25.1. The molecule has 0 atom stereocenters. The Hall–Kier alpha value is -3.58. The maximum atomic E-state index is 12.1. The van der Waals surface area contributed by atoms with E-state index in [0.29, 0.717) is 22.3 Å². The number of rotatable bonds is 7. The second-order valence-corrected chi connectivity index (χ2v) is 7.56. The zero-order valence-corrected chi connectivity index (χ0v) is 18.0. The van der Waals surface area contributed by atoms with Crippen LogP contribution in [0.5, 0.6) is 5.75 Å². The summed E-state index contributed by atoms with van der Waals surface area (Å²) in [7, 11) is 3.03. The van der Waals surface area contributed by atoms with Crippen molar-refractivity contribution in [3.63, 3.8) is 0 Å². The molecule has 0 saturated heterocycles. The number of ether oxygens (including phenoxy) is 2. The van der Waals surface area contributed by atoms with Gasteiger partial charge in [0.2, 0.25) is 0 Å². The summed E-state index contributed by atoms with van der Waals surface area (Å²) in [5, 5.41) is 9.65. The van der Waals surface area contributed by atoms with E-state index in [2.05, 4.69) is 10.2 Å². The van der Waals surface area contributed by atoms with Gasteiger partial charge in [-0.2, -0.15) is 0 Å². The van der Waals surface area contributed by atoms with Crippen LogP contribution in [0.25, 0.3) is 17.1 Å². The Bertz CT molecular complexity index is 1190. The van der Waals surface area contributed by atoms with Crippen LogP contribution in [0, 0.1) is 0 Å². The molecule has 6 nitrogen and oxygen atoms in total. The van der Waals surface area contributed by atoms with Crippen molar-refractivity contribution in [3.05, 3.63) is 90.0 Å². The number of thioether (sulfide) groups is 1. The van der Waals surface area contributed by atoms with Gasteiger partial charge in [-0.25, -0.2) is 4.79 Å². The third-order valence-electron chi connectivity index (χ3n) is 4.78. The molecule has 0 spiro atoms. The van der Waals surface area contributed by atoms with Crippen molar-refractivity contribution in [3.8, 4) is 22.8 Å². The summed E-state index contributed by atoms with van der Waals surface area (Å²) in [6.07, 6.45) is 0. The number of benzene rings is 3. The predicted molar refractivity (Wildman–Crippen MR) is 121 cm³/mol. The Kier molecular flexibility index (Phi) is 6.33. The number of para-hydroxylation sites is 2. The predicted octanol–water partition coefficient (Wildman–Crippen LogP) is 5.02. The molecule has 4 rings (SSSR count). The van der Waals surface area contributed by atoms with Crippen LogP contribution >= 0.6 is 11.8 Å². The molecule has 0 saturated carbocycles. The van der Waals surface area contributed by atoms with Crippen molar-refractivity contribution in [2.24, 2.45) is 0 Å². The quantitative estimate of drug-likeness (QED) is 0.302. The van der Waals surface area contributed by atoms with Crippen LogP contribution in [-0.2, 0) is 10.5 Å². The highest BCUT2D eigenvalue weighted by Crippen LogP contribution is 2.34. The molecule has 0 aliphatic carbocycles. The first-order valence-electron chi connectivity index (χ1n) is 9.66. The summed E-state index contributed by atoms with van der Waals surface area (Å²) in [5.74, 6) is 1.60. The van der Waals surface area contributed by atoms with Crippen LogP contribution in [0.1, 0.15) is 15.9 Å². The van der Waals surface area contributed by atoms with E-state index in [1.54, 1.807) is 13.2 Å². The number of esters is 1. The molecule has 1 heterocycles. The standard InChI is InChI=1S/C24H21N3O3S/c1-29-21-15-9-8-14-20(21)22-25-26-24(27(22)18-11-4-3-5-12-18)31-16-17-10-6-7-13-19(17)23(28)30-2/h3-15H,16H2,1-2H3. The zero-order chi connectivity index (χ0) is 21.6. The third kappa shape index (κ3) is 4.32. The van der Waals surface area contributed by atoms with Crippen LogP contribution in [0.3, 0.4) is 0 Å². The Labute approximate surface area is 184 Å². The Morgan fingerprint density at radius 3 is 2.39 bits per heavy atom. The summed E-state index contributed by atoms with van der Waals surface area (Å²) >= 11 is 1.51. The van der Waals surface area contributed by atoms with Gasteiger partial charge >= 0.3 is 5.97 Å². The van der Waals surface area contributed by atoms with Gasteiger partial charge < -0.3 is 9.47 Å². The minimum Gasteiger partial charge on any atom is -0.496 e. The molecule has 156 valence electrons. The Morgan fingerprint density at radius 2 is 1.61 bits per heavy atom. The fourth-order valence-corrected chi connectivity index (χ4v) is 4.23. The van der Waals surface area contributed by atoms with Gasteiger partial charge in [0.15, 0.2) is 11.0 Å². The molecule has 1 aromatic heterocycles. The van der Waals surface area contributed by atoms with Gasteiger partial charge in [0.05, 0.1) is 25.3 Å². The van der Waals surface area contributed by atoms with Crippen LogP contribution < -0.4 is 4.74 Å². The van der Waals surface area contributed by atoms with E-state index in [1.165, 1.54) is 18.9 Å². The molecule has 0 amide bonds. The van der Waals surface area contributed by atoms with Gasteiger partial charge in [-0.05, 0) is 35.9 Å². The summed E-state index contributed by atoms with van der Waals surface area (Å²) in [5.41, 5.74) is 3.22. The molecule has 3 aromatic carbocycles. The number of nitrogens with zero attached hydrogens (tertiary/aromatic N) is 3. The fraction of sp³-hybridized carbons (Fsp3) is 0.125. The maximum Gasteiger partial charge on any atom is 0.338 e.